The van der Waals surface area contributed by atoms with Crippen LogP contribution < -0.4 is 0 Å². The van der Waals surface area contributed by atoms with Gasteiger partial charge in [0.1, 0.15) is 6.33 Å². The highest BCUT2D eigenvalue weighted by Gasteiger charge is 2.22. The molecule has 6 heteroatoms. The molecule has 5 nitrogen and oxygen atoms in total. The van der Waals surface area contributed by atoms with Crippen LogP contribution in [-0.2, 0) is 4.74 Å². The molecule has 0 atom stereocenters. The molecule has 0 aliphatic carbocycles. The summed E-state index contributed by atoms with van der Waals surface area (Å²) in [7, 11) is 0. The van der Waals surface area contributed by atoms with Crippen molar-refractivity contribution in [2.24, 2.45) is 0 Å². The van der Waals surface area contributed by atoms with Crippen molar-refractivity contribution in [3.05, 3.63) is 83.1 Å². The van der Waals surface area contributed by atoms with E-state index in [0.717, 1.165) is 10.6 Å². The van der Waals surface area contributed by atoms with Crippen molar-refractivity contribution in [2.45, 2.75) is 6.92 Å². The maximum Gasteiger partial charge on any atom is 0.340 e. The van der Waals surface area contributed by atoms with Crippen LogP contribution in [0.15, 0.2) is 66.3 Å². The van der Waals surface area contributed by atoms with Crippen molar-refractivity contribution < 1.29 is 14.3 Å². The number of fused-ring (bicyclic) bond motifs is 1. The number of hydrogen-bond donors (Lipinski definition) is 0. The van der Waals surface area contributed by atoms with Gasteiger partial charge in [-0.15, -0.1) is 11.3 Å². The Labute approximate surface area is 159 Å². The van der Waals surface area contributed by atoms with Crippen molar-refractivity contribution in [2.75, 3.05) is 6.61 Å². The molecular formula is C21H16N2O3S. The molecule has 4 aromatic rings. The Bertz CT molecular complexity index is 1120. The first-order valence-corrected chi connectivity index (χ1v) is 9.39. The van der Waals surface area contributed by atoms with Gasteiger partial charge in [-0.2, -0.15) is 0 Å². The van der Waals surface area contributed by atoms with Crippen LogP contribution in [0, 0.1) is 0 Å². The van der Waals surface area contributed by atoms with Gasteiger partial charge in [0.15, 0.2) is 0 Å². The van der Waals surface area contributed by atoms with E-state index in [1.165, 1.54) is 0 Å². The number of carbonyl (C=O) groups is 2. The molecule has 0 N–H and O–H groups in total. The van der Waals surface area contributed by atoms with Crippen LogP contribution in [0.2, 0.25) is 0 Å². The van der Waals surface area contributed by atoms with Crippen molar-refractivity contribution in [3.63, 3.8) is 0 Å². The summed E-state index contributed by atoms with van der Waals surface area (Å²) < 4.78 is 6.84. The second-order valence-electron chi connectivity index (χ2n) is 5.87. The second-order valence-corrected chi connectivity index (χ2v) is 6.81. The van der Waals surface area contributed by atoms with Gasteiger partial charge in [0.05, 0.1) is 34.0 Å². The Morgan fingerprint density at radius 1 is 1.11 bits per heavy atom. The van der Waals surface area contributed by atoms with Gasteiger partial charge in [-0.05, 0) is 30.5 Å². The number of rotatable bonds is 5. The first-order chi connectivity index (χ1) is 13.2. The highest BCUT2D eigenvalue weighted by atomic mass is 32.1. The molecule has 0 aliphatic rings. The zero-order chi connectivity index (χ0) is 18.8. The largest absolute Gasteiger partial charge is 0.462 e. The number of esters is 1. The molecule has 0 aliphatic heterocycles. The number of nitrogens with zero attached hydrogens (tertiary/aromatic N) is 2. The average molecular weight is 376 g/mol. The zero-order valence-electron chi connectivity index (χ0n) is 14.6. The van der Waals surface area contributed by atoms with Crippen LogP contribution in [0.25, 0.3) is 16.1 Å². The van der Waals surface area contributed by atoms with E-state index in [0.29, 0.717) is 22.3 Å². The SMILES string of the molecule is CCOC(=O)c1cc(C(=O)c2ccccc2)n2cnc(-c3cccs3)cc12. The molecule has 3 heterocycles. The maximum absolute atomic E-state index is 13.0. The number of carbonyl (C=O) groups excluding carboxylic acids is 2. The molecule has 134 valence electrons. The van der Waals surface area contributed by atoms with Gasteiger partial charge in [-0.3, -0.25) is 9.20 Å². The van der Waals surface area contributed by atoms with E-state index in [9.17, 15) is 9.59 Å². The molecule has 3 aromatic heterocycles. The third kappa shape index (κ3) is 3.15. The summed E-state index contributed by atoms with van der Waals surface area (Å²) in [5.74, 6) is -0.628. The van der Waals surface area contributed by atoms with E-state index in [1.807, 2.05) is 41.8 Å². The van der Waals surface area contributed by atoms with E-state index in [4.69, 9.17) is 4.74 Å². The van der Waals surface area contributed by atoms with Crippen LogP contribution in [0.1, 0.15) is 33.3 Å². The van der Waals surface area contributed by atoms with Crippen molar-refractivity contribution in [1.82, 2.24) is 9.38 Å². The molecule has 0 fully saturated rings. The fourth-order valence-corrected chi connectivity index (χ4v) is 3.64. The van der Waals surface area contributed by atoms with E-state index in [-0.39, 0.29) is 12.4 Å². The molecular weight excluding hydrogens is 360 g/mol. The minimum atomic E-state index is -0.453. The lowest BCUT2D eigenvalue weighted by molar-refractivity contribution is 0.0529. The summed E-state index contributed by atoms with van der Waals surface area (Å²) in [4.78, 5) is 30.9. The Kier molecular flexibility index (Phi) is 4.56. The summed E-state index contributed by atoms with van der Waals surface area (Å²) in [6, 6.07) is 16.3. The lowest BCUT2D eigenvalue weighted by Gasteiger charge is -2.04. The second kappa shape index (κ2) is 7.17. The monoisotopic (exact) mass is 376 g/mol. The van der Waals surface area contributed by atoms with Gasteiger partial charge in [-0.1, -0.05) is 36.4 Å². The number of ether oxygens (including phenoxy) is 1. The minimum absolute atomic E-state index is 0.174. The number of ketones is 1. The quantitative estimate of drug-likeness (QED) is 0.381. The third-order valence-electron chi connectivity index (χ3n) is 4.20. The van der Waals surface area contributed by atoms with Gasteiger partial charge in [0, 0.05) is 5.56 Å². The Morgan fingerprint density at radius 2 is 1.93 bits per heavy atom. The predicted octanol–water partition coefficient (Wildman–Crippen LogP) is 4.47. The topological polar surface area (TPSA) is 60.7 Å². The number of hydrogen-bond acceptors (Lipinski definition) is 5. The van der Waals surface area contributed by atoms with Gasteiger partial charge < -0.3 is 4.74 Å². The lowest BCUT2D eigenvalue weighted by atomic mass is 10.1. The summed E-state index contributed by atoms with van der Waals surface area (Å²) in [5.41, 5.74) is 2.64. The Morgan fingerprint density at radius 3 is 2.63 bits per heavy atom. The molecule has 0 amide bonds. The van der Waals surface area contributed by atoms with Crippen LogP contribution in [0.4, 0.5) is 0 Å². The molecule has 0 spiro atoms. The van der Waals surface area contributed by atoms with Crippen LogP contribution in [-0.4, -0.2) is 27.7 Å². The molecule has 27 heavy (non-hydrogen) atoms. The van der Waals surface area contributed by atoms with Gasteiger partial charge in [-0.25, -0.2) is 9.78 Å². The molecule has 0 radical (unpaired) electrons. The van der Waals surface area contributed by atoms with Crippen molar-refractivity contribution in [1.29, 1.82) is 0 Å². The van der Waals surface area contributed by atoms with Crippen molar-refractivity contribution in [3.8, 4) is 10.6 Å². The average Bonchev–Trinajstić information content (AvgIpc) is 3.36. The maximum atomic E-state index is 13.0. The van der Waals surface area contributed by atoms with Gasteiger partial charge >= 0.3 is 5.97 Å². The number of aromatic nitrogens is 2. The normalized spacial score (nSPS) is 10.9. The van der Waals surface area contributed by atoms with E-state index in [2.05, 4.69) is 4.98 Å². The summed E-state index contributed by atoms with van der Waals surface area (Å²) in [6.45, 7) is 2.02. The van der Waals surface area contributed by atoms with Gasteiger partial charge in [0.2, 0.25) is 5.78 Å². The summed E-state index contributed by atoms with van der Waals surface area (Å²) in [6.07, 6.45) is 1.59. The summed E-state index contributed by atoms with van der Waals surface area (Å²) >= 11 is 1.56. The van der Waals surface area contributed by atoms with Crippen LogP contribution >= 0.6 is 11.3 Å². The minimum Gasteiger partial charge on any atom is -0.462 e. The van der Waals surface area contributed by atoms with E-state index in [1.54, 1.807) is 47.2 Å². The highest BCUT2D eigenvalue weighted by Crippen LogP contribution is 2.27. The molecule has 0 saturated heterocycles. The molecule has 0 saturated carbocycles. The van der Waals surface area contributed by atoms with E-state index < -0.39 is 5.97 Å². The molecule has 4 rings (SSSR count). The van der Waals surface area contributed by atoms with Gasteiger partial charge in [0.25, 0.3) is 0 Å². The number of benzene rings is 1. The molecule has 0 unspecified atom stereocenters. The summed E-state index contributed by atoms with van der Waals surface area (Å²) in [5, 5.41) is 1.97. The van der Waals surface area contributed by atoms with E-state index >= 15 is 0 Å². The first kappa shape index (κ1) is 17.2. The molecule has 1 aromatic carbocycles. The first-order valence-electron chi connectivity index (χ1n) is 8.51. The third-order valence-corrected chi connectivity index (χ3v) is 5.09. The fourth-order valence-electron chi connectivity index (χ4n) is 2.94. The van der Waals surface area contributed by atoms with Crippen molar-refractivity contribution >= 4 is 28.6 Å². The molecule has 0 bridgehead atoms. The smallest absolute Gasteiger partial charge is 0.340 e. The number of thiophene rings is 1. The standard InChI is InChI=1S/C21H16N2O3S/c1-2-26-21(25)15-11-18(20(24)14-7-4-3-5-8-14)23-13-22-16(12-17(15)23)19-9-6-10-27-19/h3-13H,2H2,1H3. The van der Waals surface area contributed by atoms with Crippen LogP contribution in [0.3, 0.4) is 0 Å². The van der Waals surface area contributed by atoms with Crippen LogP contribution in [0.5, 0.6) is 0 Å². The zero-order valence-corrected chi connectivity index (χ0v) is 15.4. The fraction of sp³-hybridized carbons (Fsp3) is 0.0952. The Balaban J connectivity index is 1.90. The predicted molar refractivity (Wildman–Crippen MR) is 104 cm³/mol. The Hall–Kier alpha value is -3.25. The lowest BCUT2D eigenvalue weighted by Crippen LogP contribution is -2.05. The highest BCUT2D eigenvalue weighted by molar-refractivity contribution is 7.13.